The molecule has 0 spiro atoms. The van der Waals surface area contributed by atoms with E-state index in [4.69, 9.17) is 5.14 Å². The zero-order valence-corrected chi connectivity index (χ0v) is 9.96. The summed E-state index contributed by atoms with van der Waals surface area (Å²) in [4.78, 5) is 3.66. The average Bonchev–Trinajstić information content (AvgIpc) is 2.27. The number of nitrogens with zero attached hydrogens (tertiary/aromatic N) is 1. The fourth-order valence-electron chi connectivity index (χ4n) is 1.48. The summed E-state index contributed by atoms with van der Waals surface area (Å²) in [5, 5.41) is 14.9. The first kappa shape index (κ1) is 13.7. The fraction of sp³-hybridized carbons (Fsp3) is 0.100. The van der Waals surface area contributed by atoms with Crippen LogP contribution in [0.15, 0.2) is 29.3 Å². The lowest BCUT2D eigenvalue weighted by Gasteiger charge is -2.11. The first-order chi connectivity index (χ1) is 8.78. The number of alkyl halides is 3. The topological polar surface area (TPSA) is 91.4 Å². The molecule has 102 valence electrons. The average molecular weight is 292 g/mol. The van der Waals surface area contributed by atoms with Gasteiger partial charge in [-0.2, -0.15) is 0 Å². The van der Waals surface area contributed by atoms with Gasteiger partial charge in [0.25, 0.3) is 0 Å². The lowest BCUT2D eigenvalue weighted by atomic mass is 10.2. The van der Waals surface area contributed by atoms with Gasteiger partial charge >= 0.3 is 6.36 Å². The molecule has 0 bridgehead atoms. The first-order valence-electron chi connectivity index (χ1n) is 4.81. The van der Waals surface area contributed by atoms with Crippen LogP contribution in [0.4, 0.5) is 13.2 Å². The van der Waals surface area contributed by atoms with Gasteiger partial charge < -0.3 is 14.4 Å². The lowest BCUT2D eigenvalue weighted by Crippen LogP contribution is -2.17. The molecule has 0 amide bonds. The molecule has 1 aromatic heterocycles. The van der Waals surface area contributed by atoms with Gasteiger partial charge in [0.1, 0.15) is 5.75 Å². The number of pyridine rings is 1. The highest BCUT2D eigenvalue weighted by Crippen LogP contribution is 2.33. The van der Waals surface area contributed by atoms with Crippen LogP contribution in [0, 0.1) is 0 Å². The fourth-order valence-corrected chi connectivity index (χ4v) is 1.94. The predicted molar refractivity (Wildman–Crippen MR) is 60.7 cm³/mol. The normalized spacial score (nSPS) is 13.5. The molecule has 0 radical (unpaired) electrons. The molecule has 1 unspecified atom stereocenters. The van der Waals surface area contributed by atoms with Crippen molar-refractivity contribution in [2.24, 2.45) is 5.14 Å². The van der Waals surface area contributed by atoms with Crippen molar-refractivity contribution in [3.8, 4) is 11.5 Å². The Morgan fingerprint density at radius 1 is 1.37 bits per heavy atom. The number of fused-ring (bicyclic) bond motifs is 1. The van der Waals surface area contributed by atoms with Crippen LogP contribution in [0.5, 0.6) is 11.5 Å². The number of nitrogens with two attached hydrogens (primary N) is 1. The highest BCUT2D eigenvalue weighted by molar-refractivity contribution is 7.89. The first-order valence-corrected chi connectivity index (χ1v) is 6.03. The molecule has 0 aliphatic heterocycles. The molecule has 0 saturated carbocycles. The molecule has 0 aliphatic rings. The van der Waals surface area contributed by atoms with Crippen molar-refractivity contribution in [2.75, 3.05) is 0 Å². The summed E-state index contributed by atoms with van der Waals surface area (Å²) in [5.74, 6) is -1.00. The summed E-state index contributed by atoms with van der Waals surface area (Å²) in [6, 6.07) is 3.24. The minimum absolute atomic E-state index is 0.0296. The van der Waals surface area contributed by atoms with E-state index in [9.17, 15) is 22.8 Å². The maximum absolute atomic E-state index is 12.1. The number of hydrogen-bond acceptors (Lipinski definition) is 5. The molecule has 3 N–H and O–H groups in total. The van der Waals surface area contributed by atoms with E-state index in [1.54, 1.807) is 0 Å². The van der Waals surface area contributed by atoms with Gasteiger partial charge in [0.15, 0.2) is 5.75 Å². The lowest BCUT2D eigenvalue weighted by molar-refractivity contribution is -0.274. The highest BCUT2D eigenvalue weighted by Gasteiger charge is 2.31. The number of hydrogen-bond donors (Lipinski definition) is 2. The molecule has 2 aromatic rings. The van der Waals surface area contributed by atoms with Crippen molar-refractivity contribution >= 4 is 22.3 Å². The van der Waals surface area contributed by atoms with Crippen LogP contribution >= 0.6 is 0 Å². The Bertz CT molecular complexity index is 619. The van der Waals surface area contributed by atoms with Gasteiger partial charge in [0, 0.05) is 0 Å². The zero-order valence-electron chi connectivity index (χ0n) is 9.14. The standard InChI is InChI=1S/C10H7F3N2O3S/c11-10(12,13)18-5-1-2-7-6(3-5)9(16)8(4-15-7)19(14)17/h1-4H,14H2,(H,15,16). The molecule has 19 heavy (non-hydrogen) atoms. The van der Waals surface area contributed by atoms with E-state index in [0.717, 1.165) is 18.3 Å². The van der Waals surface area contributed by atoms with Gasteiger partial charge in [-0.25, -0.2) is 0 Å². The molecule has 5 nitrogen and oxygen atoms in total. The maximum Gasteiger partial charge on any atom is 0.573 e. The summed E-state index contributed by atoms with van der Waals surface area (Å²) in [6.45, 7) is 0. The quantitative estimate of drug-likeness (QED) is 0.824. The Morgan fingerprint density at radius 3 is 2.63 bits per heavy atom. The van der Waals surface area contributed by atoms with Crippen LogP contribution in [0.2, 0.25) is 0 Å². The third-order valence-electron chi connectivity index (χ3n) is 2.23. The van der Waals surface area contributed by atoms with Crippen molar-refractivity contribution in [1.82, 2.24) is 4.98 Å². The van der Waals surface area contributed by atoms with Crippen LogP contribution < -0.4 is 9.88 Å². The molecule has 1 heterocycles. The van der Waals surface area contributed by atoms with E-state index < -0.39 is 29.2 Å². The second-order valence-electron chi connectivity index (χ2n) is 3.50. The minimum atomic E-state index is -4.84. The second-order valence-corrected chi connectivity index (χ2v) is 4.53. The van der Waals surface area contributed by atoms with Crippen molar-refractivity contribution in [2.45, 2.75) is 11.3 Å². The zero-order chi connectivity index (χ0) is 14.2. The number of rotatable bonds is 2. The van der Waals surface area contributed by atoms with Gasteiger partial charge in [0.2, 0.25) is 4.90 Å². The van der Waals surface area contributed by atoms with E-state index >= 15 is 0 Å². The third kappa shape index (κ3) is 3.00. The van der Waals surface area contributed by atoms with Gasteiger partial charge in [-0.1, -0.05) is 0 Å². The van der Waals surface area contributed by atoms with Crippen LogP contribution in [-0.4, -0.2) is 21.0 Å². The van der Waals surface area contributed by atoms with E-state index in [2.05, 4.69) is 9.72 Å². The molecule has 0 aliphatic carbocycles. The number of ether oxygens (including phenoxy) is 1. The summed E-state index contributed by atoms with van der Waals surface area (Å²) in [6.07, 6.45) is -3.75. The van der Waals surface area contributed by atoms with Gasteiger partial charge in [-0.3, -0.25) is 4.98 Å². The Balaban J connectivity index is 2.54. The molecule has 9 heteroatoms. The van der Waals surface area contributed by atoms with Gasteiger partial charge in [0.05, 0.1) is 28.5 Å². The molecule has 0 saturated heterocycles. The highest BCUT2D eigenvalue weighted by atomic mass is 32.2. The molecular weight excluding hydrogens is 285 g/mol. The SMILES string of the molecule is N[S+]([O-])c1cnc2ccc(OC(F)(F)F)cc2c1O. The Hall–Kier alpha value is -1.71. The number of aromatic hydroxyl groups is 1. The Kier molecular flexibility index (Phi) is 3.43. The largest absolute Gasteiger partial charge is 0.593 e. The smallest absolute Gasteiger partial charge is 0.573 e. The van der Waals surface area contributed by atoms with Crippen molar-refractivity contribution in [3.63, 3.8) is 0 Å². The van der Waals surface area contributed by atoms with E-state index in [1.807, 2.05) is 0 Å². The number of aromatic nitrogens is 1. The third-order valence-corrected chi connectivity index (χ3v) is 2.96. The molecule has 1 aromatic carbocycles. The van der Waals surface area contributed by atoms with Crippen LogP contribution in [0.25, 0.3) is 10.9 Å². The monoisotopic (exact) mass is 292 g/mol. The summed E-state index contributed by atoms with van der Waals surface area (Å²) >= 11 is -2.00. The summed E-state index contributed by atoms with van der Waals surface area (Å²) in [5.41, 5.74) is 0.223. The van der Waals surface area contributed by atoms with Crippen molar-refractivity contribution in [1.29, 1.82) is 0 Å². The van der Waals surface area contributed by atoms with Crippen molar-refractivity contribution in [3.05, 3.63) is 24.4 Å². The van der Waals surface area contributed by atoms with E-state index in [0.29, 0.717) is 0 Å². The Morgan fingerprint density at radius 2 is 2.05 bits per heavy atom. The number of benzene rings is 1. The summed E-state index contributed by atoms with van der Waals surface area (Å²) in [7, 11) is 0. The van der Waals surface area contributed by atoms with E-state index in [1.165, 1.54) is 6.07 Å². The molecule has 2 rings (SSSR count). The summed E-state index contributed by atoms with van der Waals surface area (Å²) < 4.78 is 51.1. The molecular formula is C10H7F3N2O3S. The van der Waals surface area contributed by atoms with E-state index in [-0.39, 0.29) is 15.8 Å². The van der Waals surface area contributed by atoms with Crippen LogP contribution in [-0.2, 0) is 11.4 Å². The molecule has 0 fully saturated rings. The maximum atomic E-state index is 12.1. The van der Waals surface area contributed by atoms with Crippen LogP contribution in [0.3, 0.4) is 0 Å². The van der Waals surface area contributed by atoms with Gasteiger partial charge in [-0.05, 0) is 18.2 Å². The predicted octanol–water partition coefficient (Wildman–Crippen LogP) is 1.82. The second kappa shape index (κ2) is 4.76. The van der Waals surface area contributed by atoms with Crippen molar-refractivity contribution < 1.29 is 27.6 Å². The van der Waals surface area contributed by atoms with Gasteiger partial charge in [-0.15, -0.1) is 18.3 Å². The van der Waals surface area contributed by atoms with Crippen LogP contribution in [0.1, 0.15) is 0 Å². The Labute approximate surface area is 108 Å². The minimum Gasteiger partial charge on any atom is -0.593 e. The number of halogens is 3. The molecule has 1 atom stereocenters.